The molecular weight excluding hydrogens is 337 g/mol. The molecule has 2 atom stereocenters. The molecule has 0 saturated heterocycles. The first-order chi connectivity index (χ1) is 7.18. The minimum atomic E-state index is 0.124. The van der Waals surface area contributed by atoms with Crippen molar-refractivity contribution in [1.29, 1.82) is 0 Å². The van der Waals surface area contributed by atoms with Crippen molar-refractivity contribution >= 4 is 41.1 Å². The summed E-state index contributed by atoms with van der Waals surface area (Å²) in [6.07, 6.45) is 8.45. The number of hydrogen-bond acceptors (Lipinski definition) is 1. The van der Waals surface area contributed by atoms with Gasteiger partial charge in [0.25, 0.3) is 0 Å². The smallest absolute Gasteiger partial charge is 0.0654 e. The molecule has 0 radical (unpaired) electrons. The fourth-order valence-corrected chi connectivity index (χ4v) is 2.31. The van der Waals surface area contributed by atoms with Crippen molar-refractivity contribution in [2.75, 3.05) is 23.4 Å². The van der Waals surface area contributed by atoms with Gasteiger partial charge in [-0.2, -0.15) is 0 Å². The molecule has 0 aromatic carbocycles. The van der Waals surface area contributed by atoms with E-state index in [1.54, 1.807) is 0 Å². The summed E-state index contributed by atoms with van der Waals surface area (Å²) in [5, 5.41) is 0. The van der Waals surface area contributed by atoms with Crippen LogP contribution in [0.15, 0.2) is 0 Å². The fraction of sp³-hybridized carbons (Fsp3) is 1.00. The molecule has 0 fully saturated rings. The van der Waals surface area contributed by atoms with Crippen LogP contribution < -0.4 is 0 Å². The highest BCUT2D eigenvalue weighted by atomic mass is 127. The van der Waals surface area contributed by atoms with Crippen LogP contribution in [0.1, 0.15) is 39.0 Å². The van der Waals surface area contributed by atoms with Gasteiger partial charge >= 0.3 is 0 Å². The first-order valence-corrected chi connectivity index (χ1v) is 8.94. The Morgan fingerprint density at radius 2 is 1.60 bits per heavy atom. The van der Waals surface area contributed by atoms with Crippen molar-refractivity contribution in [3.63, 3.8) is 0 Å². The van der Waals surface area contributed by atoms with Gasteiger partial charge in [-0.25, -0.2) is 0 Å². The van der Waals surface area contributed by atoms with Gasteiger partial charge in [-0.1, -0.05) is 22.6 Å². The average molecular weight is 362 g/mol. The number of ether oxygens (including phenoxy) is 1. The first kappa shape index (κ1) is 16.6. The van der Waals surface area contributed by atoms with E-state index in [-0.39, 0.29) is 5.60 Å². The van der Waals surface area contributed by atoms with E-state index in [1.807, 2.05) is 0 Å². The lowest BCUT2D eigenvalue weighted by atomic mass is 9.94. The highest BCUT2D eigenvalue weighted by Crippen LogP contribution is 2.25. The molecular formula is C11H25IOP2. The van der Waals surface area contributed by atoms with Gasteiger partial charge in [0.15, 0.2) is 0 Å². The standard InChI is InChI=1S/C11H25IOP2/c1-11(5-2-9-14,6-3-10-15)13-8-4-7-12/h2-10,14-15H2,1H3. The van der Waals surface area contributed by atoms with Crippen LogP contribution in [0.25, 0.3) is 0 Å². The van der Waals surface area contributed by atoms with Gasteiger partial charge in [0, 0.05) is 11.0 Å². The molecule has 92 valence electrons. The van der Waals surface area contributed by atoms with Crippen LogP contribution in [0, 0.1) is 0 Å². The Hall–Kier alpha value is 1.55. The van der Waals surface area contributed by atoms with Crippen LogP contribution >= 0.6 is 41.1 Å². The second kappa shape index (κ2) is 10.7. The van der Waals surface area contributed by atoms with E-state index in [4.69, 9.17) is 4.74 Å². The molecule has 0 amide bonds. The Balaban J connectivity index is 3.89. The third-order valence-corrected chi connectivity index (χ3v) is 4.13. The van der Waals surface area contributed by atoms with E-state index < -0.39 is 0 Å². The van der Waals surface area contributed by atoms with Crippen LogP contribution in [-0.4, -0.2) is 29.0 Å². The van der Waals surface area contributed by atoms with Gasteiger partial charge in [-0.15, -0.1) is 18.5 Å². The van der Waals surface area contributed by atoms with Crippen molar-refractivity contribution in [3.8, 4) is 0 Å². The molecule has 0 aromatic rings. The molecule has 0 aliphatic carbocycles. The first-order valence-electron chi connectivity index (χ1n) is 5.78. The van der Waals surface area contributed by atoms with Gasteiger partial charge < -0.3 is 4.74 Å². The summed E-state index contributed by atoms with van der Waals surface area (Å²) in [5.41, 5.74) is 0.124. The summed E-state index contributed by atoms with van der Waals surface area (Å²) >= 11 is 2.41. The molecule has 2 unspecified atom stereocenters. The fourth-order valence-electron chi connectivity index (χ4n) is 1.59. The molecule has 0 heterocycles. The molecule has 0 aliphatic rings. The van der Waals surface area contributed by atoms with E-state index >= 15 is 0 Å². The second-order valence-electron chi connectivity index (χ2n) is 4.13. The number of alkyl halides is 1. The van der Waals surface area contributed by atoms with Crippen LogP contribution in [0.5, 0.6) is 0 Å². The molecule has 0 aliphatic heterocycles. The number of hydrogen-bond donors (Lipinski definition) is 0. The van der Waals surface area contributed by atoms with E-state index in [9.17, 15) is 0 Å². The van der Waals surface area contributed by atoms with Gasteiger partial charge in [-0.3, -0.25) is 0 Å². The largest absolute Gasteiger partial charge is 0.375 e. The van der Waals surface area contributed by atoms with E-state index in [0.29, 0.717) is 0 Å². The van der Waals surface area contributed by atoms with Crippen molar-refractivity contribution < 1.29 is 4.74 Å². The van der Waals surface area contributed by atoms with Crippen LogP contribution in [0.2, 0.25) is 0 Å². The summed E-state index contributed by atoms with van der Waals surface area (Å²) in [6.45, 7) is 3.20. The maximum Gasteiger partial charge on any atom is 0.0654 e. The Morgan fingerprint density at radius 3 is 2.00 bits per heavy atom. The Bertz CT molecular complexity index is 137. The van der Waals surface area contributed by atoms with Gasteiger partial charge in [0.2, 0.25) is 0 Å². The van der Waals surface area contributed by atoms with Crippen molar-refractivity contribution in [2.24, 2.45) is 0 Å². The Morgan fingerprint density at radius 1 is 1.07 bits per heavy atom. The number of halogens is 1. The third kappa shape index (κ3) is 9.27. The lowest BCUT2D eigenvalue weighted by Gasteiger charge is -2.30. The zero-order chi connectivity index (χ0) is 11.6. The van der Waals surface area contributed by atoms with Gasteiger partial charge in [0.1, 0.15) is 0 Å². The van der Waals surface area contributed by atoms with Crippen molar-refractivity contribution in [3.05, 3.63) is 0 Å². The quantitative estimate of drug-likeness (QED) is 0.248. The third-order valence-electron chi connectivity index (χ3n) is 2.55. The van der Waals surface area contributed by atoms with E-state index in [1.165, 1.54) is 48.9 Å². The van der Waals surface area contributed by atoms with Crippen molar-refractivity contribution in [1.82, 2.24) is 0 Å². The molecule has 15 heavy (non-hydrogen) atoms. The van der Waals surface area contributed by atoms with Crippen LogP contribution in [-0.2, 0) is 4.74 Å². The maximum absolute atomic E-state index is 6.05. The molecule has 4 heteroatoms. The molecule has 0 bridgehead atoms. The van der Waals surface area contributed by atoms with Gasteiger partial charge in [-0.05, 0) is 51.4 Å². The summed E-state index contributed by atoms with van der Waals surface area (Å²) in [6, 6.07) is 0. The highest BCUT2D eigenvalue weighted by molar-refractivity contribution is 14.1. The SMILES string of the molecule is CC(CCCP)(CCCP)OCCCI. The van der Waals surface area contributed by atoms with E-state index in [0.717, 1.165) is 6.61 Å². The molecule has 0 saturated carbocycles. The summed E-state index contributed by atoms with van der Waals surface area (Å²) < 4.78 is 7.25. The normalized spacial score (nSPS) is 12.0. The second-order valence-corrected chi connectivity index (χ2v) is 6.36. The molecule has 0 aromatic heterocycles. The Labute approximate surface area is 113 Å². The molecule has 0 spiro atoms. The minimum Gasteiger partial charge on any atom is -0.375 e. The molecule has 0 rings (SSSR count). The predicted octanol–water partition coefficient (Wildman–Crippen LogP) is 3.90. The van der Waals surface area contributed by atoms with E-state index in [2.05, 4.69) is 48.0 Å². The summed E-state index contributed by atoms with van der Waals surface area (Å²) in [5.74, 6) is 0. The lowest BCUT2D eigenvalue weighted by molar-refractivity contribution is -0.0433. The maximum atomic E-state index is 6.05. The van der Waals surface area contributed by atoms with Crippen LogP contribution in [0.3, 0.4) is 0 Å². The van der Waals surface area contributed by atoms with Gasteiger partial charge in [0.05, 0.1) is 5.60 Å². The van der Waals surface area contributed by atoms with Crippen molar-refractivity contribution in [2.45, 2.75) is 44.6 Å². The van der Waals surface area contributed by atoms with Crippen LogP contribution in [0.4, 0.5) is 0 Å². The lowest BCUT2D eigenvalue weighted by Crippen LogP contribution is -2.29. The minimum absolute atomic E-state index is 0.124. The predicted molar refractivity (Wildman–Crippen MR) is 85.5 cm³/mol. The Kier molecular flexibility index (Phi) is 11.8. The molecule has 0 N–H and O–H groups in total. The highest BCUT2D eigenvalue weighted by Gasteiger charge is 2.23. The topological polar surface area (TPSA) is 9.23 Å². The number of rotatable bonds is 10. The molecule has 1 nitrogen and oxygen atoms in total. The monoisotopic (exact) mass is 362 g/mol. The zero-order valence-electron chi connectivity index (χ0n) is 9.80. The summed E-state index contributed by atoms with van der Waals surface area (Å²) in [4.78, 5) is 0. The summed E-state index contributed by atoms with van der Waals surface area (Å²) in [7, 11) is 5.60. The average Bonchev–Trinajstić information content (AvgIpc) is 2.24. The zero-order valence-corrected chi connectivity index (χ0v) is 14.3.